The Balaban J connectivity index is 3.13. The largest absolute Gasteiger partial charge is 0.379 e. The minimum atomic E-state index is -0.265. The van der Waals surface area contributed by atoms with Crippen LogP contribution in [0.5, 0.6) is 0 Å². The number of amidine groups is 2. The lowest BCUT2D eigenvalue weighted by atomic mass is 9.95. The van der Waals surface area contributed by atoms with Crippen LogP contribution in [0.25, 0.3) is 0 Å². The minimum absolute atomic E-state index is 0.109. The highest BCUT2D eigenvalue weighted by atomic mass is 32.2. The van der Waals surface area contributed by atoms with Crippen LogP contribution in [0.1, 0.15) is 38.8 Å². The third kappa shape index (κ3) is 4.45. The standard InChI is InChI=1S/C14H22N4S2/c1-13(2,19-11(15)16)9-6-5-7-10(8-9)14(3,4)20-12(17)18/h5-8H,1-4H3,(H3,15,16)(H3,17,18). The maximum atomic E-state index is 7.46. The third-order valence-electron chi connectivity index (χ3n) is 2.98. The molecule has 0 amide bonds. The fraction of sp³-hybridized carbons (Fsp3) is 0.429. The molecule has 0 aliphatic heterocycles. The van der Waals surface area contributed by atoms with E-state index < -0.39 is 0 Å². The highest BCUT2D eigenvalue weighted by molar-refractivity contribution is 8.14. The molecule has 0 aliphatic rings. The van der Waals surface area contributed by atoms with Crippen LogP contribution in [0.4, 0.5) is 0 Å². The van der Waals surface area contributed by atoms with E-state index >= 15 is 0 Å². The summed E-state index contributed by atoms with van der Waals surface area (Å²) in [7, 11) is 0. The molecule has 0 aliphatic carbocycles. The maximum absolute atomic E-state index is 7.46. The second kappa shape index (κ2) is 6.10. The first-order chi connectivity index (χ1) is 9.04. The van der Waals surface area contributed by atoms with Crippen molar-refractivity contribution in [1.29, 1.82) is 10.8 Å². The summed E-state index contributed by atoms with van der Waals surface area (Å²) < 4.78 is -0.530. The van der Waals surface area contributed by atoms with Crippen molar-refractivity contribution >= 4 is 33.9 Å². The molecule has 0 fully saturated rings. The van der Waals surface area contributed by atoms with Crippen molar-refractivity contribution in [3.8, 4) is 0 Å². The number of benzene rings is 1. The fourth-order valence-corrected chi connectivity index (χ4v) is 3.53. The van der Waals surface area contributed by atoms with Crippen LogP contribution in [0.3, 0.4) is 0 Å². The normalized spacial score (nSPS) is 12.2. The highest BCUT2D eigenvalue weighted by Crippen LogP contribution is 2.40. The molecule has 110 valence electrons. The van der Waals surface area contributed by atoms with E-state index in [4.69, 9.17) is 22.3 Å². The first-order valence-corrected chi connectivity index (χ1v) is 7.85. The maximum Gasteiger partial charge on any atom is 0.151 e. The SMILES string of the molecule is CC(C)(SC(=N)N)c1cccc(C(C)(C)SC(=N)N)c1. The van der Waals surface area contributed by atoms with Gasteiger partial charge in [-0.2, -0.15) is 0 Å². The Hall–Kier alpha value is -1.14. The van der Waals surface area contributed by atoms with Gasteiger partial charge < -0.3 is 11.5 Å². The zero-order chi connectivity index (χ0) is 15.6. The minimum Gasteiger partial charge on any atom is -0.379 e. The zero-order valence-electron chi connectivity index (χ0n) is 12.3. The Morgan fingerprint density at radius 1 is 0.900 bits per heavy atom. The van der Waals surface area contributed by atoms with E-state index in [0.29, 0.717) is 0 Å². The van der Waals surface area contributed by atoms with Crippen molar-refractivity contribution in [2.24, 2.45) is 11.5 Å². The molecule has 0 saturated carbocycles. The molecule has 0 saturated heterocycles. The topological polar surface area (TPSA) is 99.7 Å². The van der Waals surface area contributed by atoms with Gasteiger partial charge in [0.25, 0.3) is 0 Å². The lowest BCUT2D eigenvalue weighted by Gasteiger charge is -2.28. The third-order valence-corrected chi connectivity index (χ3v) is 4.92. The number of thioether (sulfide) groups is 2. The van der Waals surface area contributed by atoms with Crippen LogP contribution in [-0.4, -0.2) is 10.3 Å². The Kier molecular flexibility index (Phi) is 5.15. The Bertz CT molecular complexity index is 480. The molecule has 0 unspecified atom stereocenters. The van der Waals surface area contributed by atoms with Gasteiger partial charge in [-0.1, -0.05) is 47.8 Å². The first-order valence-electron chi connectivity index (χ1n) is 6.22. The molecule has 1 rings (SSSR count). The summed E-state index contributed by atoms with van der Waals surface area (Å²) in [6.07, 6.45) is 0. The number of nitrogens with two attached hydrogens (primary N) is 2. The summed E-state index contributed by atoms with van der Waals surface area (Å²) in [6.45, 7) is 8.18. The van der Waals surface area contributed by atoms with Gasteiger partial charge in [-0.3, -0.25) is 10.8 Å². The molecule has 0 radical (unpaired) electrons. The molecule has 0 spiro atoms. The van der Waals surface area contributed by atoms with Crippen LogP contribution in [0.15, 0.2) is 24.3 Å². The van der Waals surface area contributed by atoms with Crippen LogP contribution in [0, 0.1) is 10.8 Å². The smallest absolute Gasteiger partial charge is 0.151 e. The summed E-state index contributed by atoms with van der Waals surface area (Å²) in [4.78, 5) is 0. The van der Waals surface area contributed by atoms with Crippen LogP contribution in [0.2, 0.25) is 0 Å². The molecular weight excluding hydrogens is 288 g/mol. The van der Waals surface area contributed by atoms with E-state index in [9.17, 15) is 0 Å². The van der Waals surface area contributed by atoms with E-state index in [1.54, 1.807) is 0 Å². The number of hydrogen-bond acceptors (Lipinski definition) is 4. The molecule has 6 N–H and O–H groups in total. The van der Waals surface area contributed by atoms with Crippen molar-refractivity contribution in [1.82, 2.24) is 0 Å². The molecule has 0 atom stereocenters. The quantitative estimate of drug-likeness (QED) is 0.506. The van der Waals surface area contributed by atoms with Crippen LogP contribution >= 0.6 is 23.5 Å². The van der Waals surface area contributed by atoms with Gasteiger partial charge in [0, 0.05) is 9.49 Å². The van der Waals surface area contributed by atoms with Gasteiger partial charge in [0.05, 0.1) is 0 Å². The van der Waals surface area contributed by atoms with Gasteiger partial charge in [-0.15, -0.1) is 0 Å². The van der Waals surface area contributed by atoms with E-state index in [2.05, 4.69) is 6.07 Å². The predicted molar refractivity (Wildman–Crippen MR) is 91.5 cm³/mol. The Morgan fingerprint density at radius 3 is 1.55 bits per heavy atom. The molecule has 6 heteroatoms. The molecule has 0 heterocycles. The van der Waals surface area contributed by atoms with Crippen molar-refractivity contribution in [2.75, 3.05) is 0 Å². The van der Waals surface area contributed by atoms with Crippen molar-refractivity contribution in [3.05, 3.63) is 35.4 Å². The summed E-state index contributed by atoms with van der Waals surface area (Å²) in [5.74, 6) is 0. The molecule has 4 nitrogen and oxygen atoms in total. The highest BCUT2D eigenvalue weighted by Gasteiger charge is 2.27. The Labute approximate surface area is 129 Å². The van der Waals surface area contributed by atoms with E-state index in [1.165, 1.54) is 23.5 Å². The van der Waals surface area contributed by atoms with Crippen LogP contribution in [-0.2, 0) is 9.49 Å². The van der Waals surface area contributed by atoms with Gasteiger partial charge >= 0.3 is 0 Å². The summed E-state index contributed by atoms with van der Waals surface area (Å²) in [5, 5.41) is 15.1. The lowest BCUT2D eigenvalue weighted by molar-refractivity contribution is 0.758. The number of nitrogens with one attached hydrogen (secondary N) is 2. The van der Waals surface area contributed by atoms with E-state index in [1.807, 2.05) is 45.9 Å². The summed E-state index contributed by atoms with van der Waals surface area (Å²) in [5.41, 5.74) is 13.2. The van der Waals surface area contributed by atoms with Gasteiger partial charge in [-0.05, 0) is 38.8 Å². The zero-order valence-corrected chi connectivity index (χ0v) is 13.9. The lowest BCUT2D eigenvalue weighted by Crippen LogP contribution is -2.22. The molecule has 20 heavy (non-hydrogen) atoms. The number of rotatable bonds is 4. The summed E-state index contributed by atoms with van der Waals surface area (Å²) in [6, 6.07) is 8.17. The summed E-state index contributed by atoms with van der Waals surface area (Å²) >= 11 is 2.66. The van der Waals surface area contributed by atoms with E-state index in [0.717, 1.165) is 11.1 Å². The molecule has 1 aromatic carbocycles. The first kappa shape index (κ1) is 16.9. The van der Waals surface area contributed by atoms with Crippen molar-refractivity contribution in [3.63, 3.8) is 0 Å². The van der Waals surface area contributed by atoms with Crippen molar-refractivity contribution in [2.45, 2.75) is 37.2 Å². The van der Waals surface area contributed by atoms with Gasteiger partial charge in [0.1, 0.15) is 0 Å². The van der Waals surface area contributed by atoms with Crippen LogP contribution < -0.4 is 11.5 Å². The fourth-order valence-electron chi connectivity index (χ4n) is 1.94. The molecular formula is C14H22N4S2. The second-order valence-electron chi connectivity index (χ2n) is 5.53. The van der Waals surface area contributed by atoms with Gasteiger partial charge in [-0.25, -0.2) is 0 Å². The molecule has 0 aromatic heterocycles. The monoisotopic (exact) mass is 310 g/mol. The molecule has 1 aromatic rings. The van der Waals surface area contributed by atoms with Gasteiger partial charge in [0.15, 0.2) is 10.3 Å². The molecule has 0 bridgehead atoms. The predicted octanol–water partition coefficient (Wildman–Crippen LogP) is 3.41. The van der Waals surface area contributed by atoms with Crippen molar-refractivity contribution < 1.29 is 0 Å². The van der Waals surface area contributed by atoms with Gasteiger partial charge in [0.2, 0.25) is 0 Å². The Morgan fingerprint density at radius 2 is 1.25 bits per heavy atom. The average Bonchev–Trinajstić information content (AvgIpc) is 2.25. The second-order valence-corrected chi connectivity index (χ2v) is 8.86. The average molecular weight is 310 g/mol. The van der Waals surface area contributed by atoms with E-state index in [-0.39, 0.29) is 19.8 Å². The number of hydrogen-bond donors (Lipinski definition) is 4.